The molecule has 1 rings (SSSR count). The van der Waals surface area contributed by atoms with Crippen molar-refractivity contribution in [2.24, 2.45) is 0 Å². The fraction of sp³-hybridized carbons (Fsp3) is 0.333. The zero-order valence-corrected chi connectivity index (χ0v) is 13.2. The van der Waals surface area contributed by atoms with Gasteiger partial charge in [-0.2, -0.15) is 0 Å². The summed E-state index contributed by atoms with van der Waals surface area (Å²) >= 11 is 12.2. The van der Waals surface area contributed by atoms with E-state index in [0.29, 0.717) is 20.5 Å². The number of hydrogen-bond donors (Lipinski definition) is 1. The minimum absolute atomic E-state index is 0.172. The van der Waals surface area contributed by atoms with E-state index in [1.165, 1.54) is 0 Å². The maximum atomic E-state index is 11.9. The molecule has 0 aliphatic heterocycles. The molecule has 0 spiro atoms. The molecular weight excluding hydrogens is 381 g/mol. The average Bonchev–Trinajstić information content (AvgIpc) is 2.12. The van der Waals surface area contributed by atoms with Gasteiger partial charge in [0.05, 0.1) is 0 Å². The van der Waals surface area contributed by atoms with Gasteiger partial charge in [-0.1, -0.05) is 18.5 Å². The smallest absolute Gasteiger partial charge is 0.211 e. The van der Waals surface area contributed by atoms with Crippen molar-refractivity contribution in [1.82, 2.24) is 4.72 Å². The molecule has 0 unspecified atom stereocenters. The Morgan fingerprint density at radius 3 is 2.25 bits per heavy atom. The van der Waals surface area contributed by atoms with Gasteiger partial charge in [0.25, 0.3) is 0 Å². The Balaban J connectivity index is 3.23. The molecule has 3 nitrogen and oxygen atoms in total. The van der Waals surface area contributed by atoms with E-state index in [9.17, 15) is 8.42 Å². The minimum atomic E-state index is -3.50. The predicted octanol–water partition coefficient (Wildman–Crippen LogP) is 3.55. The van der Waals surface area contributed by atoms with E-state index < -0.39 is 10.0 Å². The number of hydrogen-bond acceptors (Lipinski definition) is 2. The molecule has 0 fully saturated rings. The van der Waals surface area contributed by atoms with E-state index in [1.807, 2.05) is 6.92 Å². The summed E-state index contributed by atoms with van der Waals surface area (Å²) in [6.07, 6.45) is 0.738. The molecule has 0 saturated carbocycles. The van der Waals surface area contributed by atoms with Crippen LogP contribution in [0.5, 0.6) is 0 Å². The normalized spacial score (nSPS) is 11.8. The number of sulfonamides is 1. The van der Waals surface area contributed by atoms with Crippen LogP contribution in [0.2, 0.25) is 5.02 Å². The summed E-state index contributed by atoms with van der Waals surface area (Å²) in [5.74, 6) is 0. The molecule has 1 aromatic carbocycles. The maximum Gasteiger partial charge on any atom is 0.242 e. The third-order valence-electron chi connectivity index (χ3n) is 1.77. The summed E-state index contributed by atoms with van der Waals surface area (Å²) in [7, 11) is -3.50. The van der Waals surface area contributed by atoms with Crippen molar-refractivity contribution in [3.63, 3.8) is 0 Å². The van der Waals surface area contributed by atoms with Gasteiger partial charge < -0.3 is 0 Å². The molecular formula is C9H10Br2ClNO2S. The van der Waals surface area contributed by atoms with E-state index in [0.717, 1.165) is 6.42 Å². The van der Waals surface area contributed by atoms with Crippen molar-refractivity contribution in [3.05, 3.63) is 26.1 Å². The van der Waals surface area contributed by atoms with Crippen LogP contribution in [0, 0.1) is 0 Å². The van der Waals surface area contributed by atoms with Crippen LogP contribution < -0.4 is 4.72 Å². The van der Waals surface area contributed by atoms with Crippen LogP contribution in [-0.4, -0.2) is 15.0 Å². The van der Waals surface area contributed by atoms with Crippen molar-refractivity contribution < 1.29 is 8.42 Å². The molecule has 7 heteroatoms. The highest BCUT2D eigenvalue weighted by molar-refractivity contribution is 9.11. The second-order valence-electron chi connectivity index (χ2n) is 3.10. The van der Waals surface area contributed by atoms with E-state index >= 15 is 0 Å². The summed E-state index contributed by atoms with van der Waals surface area (Å²) in [6.45, 7) is 2.30. The highest BCUT2D eigenvalue weighted by Crippen LogP contribution is 2.32. The van der Waals surface area contributed by atoms with Gasteiger partial charge in [0.15, 0.2) is 0 Å². The summed E-state index contributed by atoms with van der Waals surface area (Å²) in [5, 5.41) is 0.466. The van der Waals surface area contributed by atoms with Gasteiger partial charge in [0.2, 0.25) is 10.0 Å². The van der Waals surface area contributed by atoms with Crippen molar-refractivity contribution in [2.75, 3.05) is 6.54 Å². The molecule has 0 heterocycles. The predicted molar refractivity (Wildman–Crippen MR) is 72.3 cm³/mol. The molecule has 0 aromatic heterocycles. The third kappa shape index (κ3) is 3.43. The molecule has 16 heavy (non-hydrogen) atoms. The van der Waals surface area contributed by atoms with Crippen LogP contribution in [0.25, 0.3) is 0 Å². The molecule has 0 atom stereocenters. The van der Waals surface area contributed by atoms with Crippen LogP contribution >= 0.6 is 43.5 Å². The Morgan fingerprint density at radius 1 is 1.31 bits per heavy atom. The van der Waals surface area contributed by atoms with Crippen LogP contribution in [0.3, 0.4) is 0 Å². The lowest BCUT2D eigenvalue weighted by molar-refractivity contribution is 0.580. The molecule has 0 saturated heterocycles. The maximum absolute atomic E-state index is 11.9. The van der Waals surface area contributed by atoms with Crippen LogP contribution in [-0.2, 0) is 10.0 Å². The van der Waals surface area contributed by atoms with E-state index in [1.54, 1.807) is 12.1 Å². The van der Waals surface area contributed by atoms with Crippen LogP contribution in [0.15, 0.2) is 26.0 Å². The Kier molecular flexibility index (Phi) is 5.25. The second kappa shape index (κ2) is 5.82. The first-order chi connectivity index (χ1) is 7.38. The molecule has 0 bridgehead atoms. The van der Waals surface area contributed by atoms with Crippen molar-refractivity contribution in [1.29, 1.82) is 0 Å². The average molecular weight is 392 g/mol. The zero-order chi connectivity index (χ0) is 12.3. The molecule has 0 aliphatic rings. The summed E-state index contributed by atoms with van der Waals surface area (Å²) < 4.78 is 27.2. The number of halogens is 3. The van der Waals surface area contributed by atoms with Crippen molar-refractivity contribution in [2.45, 2.75) is 18.2 Å². The summed E-state index contributed by atoms with van der Waals surface area (Å²) in [5.41, 5.74) is 0. The van der Waals surface area contributed by atoms with Crippen molar-refractivity contribution >= 4 is 53.5 Å². The lowest BCUT2D eigenvalue weighted by Gasteiger charge is -2.10. The van der Waals surface area contributed by atoms with Gasteiger partial charge in [-0.15, -0.1) is 0 Å². The number of nitrogens with one attached hydrogen (secondary N) is 1. The monoisotopic (exact) mass is 389 g/mol. The topological polar surface area (TPSA) is 46.2 Å². The fourth-order valence-electron chi connectivity index (χ4n) is 1.09. The summed E-state index contributed by atoms with van der Waals surface area (Å²) in [4.78, 5) is 0.172. The SMILES string of the molecule is CCCNS(=O)(=O)c1c(Br)cc(Cl)cc1Br. The number of rotatable bonds is 4. The van der Waals surface area contributed by atoms with Crippen LogP contribution in [0.4, 0.5) is 0 Å². The van der Waals surface area contributed by atoms with Gasteiger partial charge in [-0.3, -0.25) is 0 Å². The Hall–Kier alpha value is 0.380. The zero-order valence-electron chi connectivity index (χ0n) is 8.43. The molecule has 0 aliphatic carbocycles. The Labute approximate surface area is 117 Å². The first-order valence-corrected chi connectivity index (χ1v) is 7.97. The quantitative estimate of drug-likeness (QED) is 0.853. The summed E-state index contributed by atoms with van der Waals surface area (Å²) in [6, 6.07) is 3.10. The van der Waals surface area contributed by atoms with Gasteiger partial charge in [0, 0.05) is 20.5 Å². The fourth-order valence-corrected chi connectivity index (χ4v) is 5.29. The van der Waals surface area contributed by atoms with E-state index in [2.05, 4.69) is 36.6 Å². The highest BCUT2D eigenvalue weighted by Gasteiger charge is 2.20. The van der Waals surface area contributed by atoms with E-state index in [-0.39, 0.29) is 4.90 Å². The first-order valence-electron chi connectivity index (χ1n) is 4.52. The van der Waals surface area contributed by atoms with Gasteiger partial charge in [0.1, 0.15) is 4.90 Å². The lowest BCUT2D eigenvalue weighted by atomic mass is 10.4. The minimum Gasteiger partial charge on any atom is -0.211 e. The first kappa shape index (κ1) is 14.4. The highest BCUT2D eigenvalue weighted by atomic mass is 79.9. The van der Waals surface area contributed by atoms with Crippen LogP contribution in [0.1, 0.15) is 13.3 Å². The van der Waals surface area contributed by atoms with E-state index in [4.69, 9.17) is 11.6 Å². The van der Waals surface area contributed by atoms with Gasteiger partial charge in [-0.25, -0.2) is 13.1 Å². The van der Waals surface area contributed by atoms with Crippen molar-refractivity contribution in [3.8, 4) is 0 Å². The largest absolute Gasteiger partial charge is 0.242 e. The number of benzene rings is 1. The second-order valence-corrected chi connectivity index (χ2v) is 6.95. The lowest BCUT2D eigenvalue weighted by Crippen LogP contribution is -2.25. The Morgan fingerprint density at radius 2 is 1.81 bits per heavy atom. The van der Waals surface area contributed by atoms with Gasteiger partial charge in [-0.05, 0) is 50.4 Å². The molecule has 0 radical (unpaired) electrons. The molecule has 1 aromatic rings. The molecule has 0 amide bonds. The van der Waals surface area contributed by atoms with Gasteiger partial charge >= 0.3 is 0 Å². The molecule has 90 valence electrons. The third-order valence-corrected chi connectivity index (χ3v) is 5.33. The Bertz CT molecular complexity index is 467. The standard InChI is InChI=1S/C9H10Br2ClNO2S/c1-2-3-13-16(14,15)9-7(10)4-6(12)5-8(9)11/h4-5,13H,2-3H2,1H3. The molecule has 1 N–H and O–H groups in total.